The lowest BCUT2D eigenvalue weighted by atomic mass is 9.96. The van der Waals surface area contributed by atoms with Crippen molar-refractivity contribution in [1.82, 2.24) is 5.43 Å². The van der Waals surface area contributed by atoms with Gasteiger partial charge in [-0.1, -0.05) is 12.1 Å². The van der Waals surface area contributed by atoms with Gasteiger partial charge in [0.25, 0.3) is 0 Å². The second kappa shape index (κ2) is 6.15. The fourth-order valence-corrected chi connectivity index (χ4v) is 2.16. The minimum absolute atomic E-state index is 0.0204. The maximum absolute atomic E-state index is 14.3. The Bertz CT molecular complexity index is 662. The molecule has 112 valence electrons. The summed E-state index contributed by atoms with van der Waals surface area (Å²) >= 11 is 0. The minimum Gasteiger partial charge on any atom is -0.494 e. The Kier molecular flexibility index (Phi) is 4.50. The number of rotatable bonds is 4. The van der Waals surface area contributed by atoms with Crippen molar-refractivity contribution < 1.29 is 17.9 Å². The third-order valence-electron chi connectivity index (χ3n) is 3.28. The molecule has 2 aromatic carbocycles. The molecule has 0 heterocycles. The number of nitrogens with two attached hydrogens (primary N) is 1. The summed E-state index contributed by atoms with van der Waals surface area (Å²) in [6.07, 6.45) is 0. The average Bonchev–Trinajstić information content (AvgIpc) is 2.46. The SMILES string of the molecule is COc1cccc(C(NN)c2cc(C)c(F)cc2F)c1F. The van der Waals surface area contributed by atoms with Gasteiger partial charge in [0.2, 0.25) is 0 Å². The molecule has 6 heteroatoms. The molecule has 3 N–H and O–H groups in total. The number of nitrogens with one attached hydrogen (secondary N) is 1. The average molecular weight is 296 g/mol. The van der Waals surface area contributed by atoms with Crippen molar-refractivity contribution in [3.63, 3.8) is 0 Å². The quantitative estimate of drug-likeness (QED) is 0.673. The first-order valence-electron chi connectivity index (χ1n) is 6.23. The van der Waals surface area contributed by atoms with Crippen LogP contribution in [0, 0.1) is 24.4 Å². The van der Waals surface area contributed by atoms with Gasteiger partial charge in [0.15, 0.2) is 11.6 Å². The number of methoxy groups -OCH3 is 1. The Labute approximate surface area is 120 Å². The van der Waals surface area contributed by atoms with Crippen LogP contribution in [-0.2, 0) is 0 Å². The van der Waals surface area contributed by atoms with Gasteiger partial charge < -0.3 is 4.74 Å². The lowest BCUT2D eigenvalue weighted by Crippen LogP contribution is -2.30. The molecular formula is C15H15F3N2O. The van der Waals surface area contributed by atoms with Crippen LogP contribution in [0.25, 0.3) is 0 Å². The lowest BCUT2D eigenvalue weighted by Gasteiger charge is -2.20. The molecule has 2 aromatic rings. The lowest BCUT2D eigenvalue weighted by molar-refractivity contribution is 0.381. The van der Waals surface area contributed by atoms with Crippen LogP contribution < -0.4 is 16.0 Å². The standard InChI is InChI=1S/C15H15F3N2O/c1-8-6-10(12(17)7-11(8)16)15(20-19)9-4-3-5-13(21-2)14(9)18/h3-7,15,20H,19H2,1-2H3. The molecule has 0 saturated heterocycles. The van der Waals surface area contributed by atoms with Gasteiger partial charge in [-0.3, -0.25) is 5.84 Å². The second-order valence-corrected chi connectivity index (χ2v) is 4.59. The summed E-state index contributed by atoms with van der Waals surface area (Å²) in [6, 6.07) is 5.57. The van der Waals surface area contributed by atoms with E-state index in [2.05, 4.69) is 5.43 Å². The van der Waals surface area contributed by atoms with Crippen LogP contribution >= 0.6 is 0 Å². The van der Waals surface area contributed by atoms with Crippen molar-refractivity contribution in [2.24, 2.45) is 5.84 Å². The van der Waals surface area contributed by atoms with Crippen molar-refractivity contribution in [3.8, 4) is 5.75 Å². The van der Waals surface area contributed by atoms with Gasteiger partial charge in [-0.25, -0.2) is 18.6 Å². The Morgan fingerprint density at radius 1 is 1.10 bits per heavy atom. The molecule has 0 bridgehead atoms. The first-order valence-corrected chi connectivity index (χ1v) is 6.23. The summed E-state index contributed by atoms with van der Waals surface area (Å²) in [5.74, 6) is 3.34. The van der Waals surface area contributed by atoms with Crippen molar-refractivity contribution in [1.29, 1.82) is 0 Å². The van der Waals surface area contributed by atoms with E-state index >= 15 is 0 Å². The predicted octanol–water partition coefficient (Wildman–Crippen LogP) is 2.97. The fraction of sp³-hybridized carbons (Fsp3) is 0.200. The number of hydrogen-bond acceptors (Lipinski definition) is 3. The number of benzene rings is 2. The Hall–Kier alpha value is -2.05. The zero-order valence-corrected chi connectivity index (χ0v) is 11.6. The Balaban J connectivity index is 2.57. The van der Waals surface area contributed by atoms with Crippen LogP contribution in [0.5, 0.6) is 5.75 Å². The van der Waals surface area contributed by atoms with E-state index in [0.717, 1.165) is 6.07 Å². The number of ether oxygens (including phenoxy) is 1. The maximum atomic E-state index is 14.3. The predicted molar refractivity (Wildman–Crippen MR) is 73.2 cm³/mol. The van der Waals surface area contributed by atoms with E-state index in [4.69, 9.17) is 10.6 Å². The molecule has 0 aliphatic carbocycles. The highest BCUT2D eigenvalue weighted by molar-refractivity contribution is 5.40. The van der Waals surface area contributed by atoms with Gasteiger partial charge >= 0.3 is 0 Å². The Morgan fingerprint density at radius 3 is 2.43 bits per heavy atom. The van der Waals surface area contributed by atoms with Crippen LogP contribution in [0.15, 0.2) is 30.3 Å². The summed E-state index contributed by atoms with van der Waals surface area (Å²) in [6.45, 7) is 1.49. The molecule has 3 nitrogen and oxygen atoms in total. The van der Waals surface area contributed by atoms with Gasteiger partial charge in [0.1, 0.15) is 11.6 Å². The third-order valence-corrected chi connectivity index (χ3v) is 3.28. The smallest absolute Gasteiger partial charge is 0.170 e. The molecule has 0 radical (unpaired) electrons. The van der Waals surface area contributed by atoms with Gasteiger partial charge in [0, 0.05) is 17.2 Å². The minimum atomic E-state index is -0.959. The van der Waals surface area contributed by atoms with Gasteiger partial charge in [-0.2, -0.15) is 0 Å². The van der Waals surface area contributed by atoms with Crippen molar-refractivity contribution in [3.05, 3.63) is 64.5 Å². The monoisotopic (exact) mass is 296 g/mol. The zero-order chi connectivity index (χ0) is 15.6. The van der Waals surface area contributed by atoms with Crippen molar-refractivity contribution in [2.45, 2.75) is 13.0 Å². The van der Waals surface area contributed by atoms with Crippen LogP contribution in [-0.4, -0.2) is 7.11 Å². The zero-order valence-electron chi connectivity index (χ0n) is 11.6. The molecule has 1 unspecified atom stereocenters. The Morgan fingerprint density at radius 2 is 1.81 bits per heavy atom. The molecule has 2 rings (SSSR count). The van der Waals surface area contributed by atoms with Crippen molar-refractivity contribution in [2.75, 3.05) is 7.11 Å². The van der Waals surface area contributed by atoms with Crippen LogP contribution in [0.1, 0.15) is 22.7 Å². The molecule has 0 amide bonds. The third kappa shape index (κ3) is 2.86. The molecule has 1 atom stereocenters. The van der Waals surface area contributed by atoms with E-state index in [1.165, 1.54) is 32.2 Å². The van der Waals surface area contributed by atoms with Crippen LogP contribution in [0.2, 0.25) is 0 Å². The second-order valence-electron chi connectivity index (χ2n) is 4.59. The van der Waals surface area contributed by atoms with E-state index in [9.17, 15) is 13.2 Å². The van der Waals surface area contributed by atoms with Crippen molar-refractivity contribution >= 4 is 0 Å². The maximum Gasteiger partial charge on any atom is 0.170 e. The fourth-order valence-electron chi connectivity index (χ4n) is 2.16. The van der Waals surface area contributed by atoms with E-state index in [1.54, 1.807) is 6.07 Å². The topological polar surface area (TPSA) is 47.3 Å². The molecule has 0 fully saturated rings. The molecule has 0 spiro atoms. The first kappa shape index (κ1) is 15.3. The molecule has 0 aliphatic rings. The molecular weight excluding hydrogens is 281 g/mol. The summed E-state index contributed by atoms with van der Waals surface area (Å²) in [4.78, 5) is 0. The molecule has 0 aromatic heterocycles. The first-order chi connectivity index (χ1) is 9.99. The van der Waals surface area contributed by atoms with Gasteiger partial charge in [0.05, 0.1) is 13.2 Å². The summed E-state index contributed by atoms with van der Waals surface area (Å²) in [5.41, 5.74) is 2.77. The highest BCUT2D eigenvalue weighted by Gasteiger charge is 2.23. The number of hydrogen-bond donors (Lipinski definition) is 2. The normalized spacial score (nSPS) is 12.3. The van der Waals surface area contributed by atoms with E-state index in [-0.39, 0.29) is 22.4 Å². The van der Waals surface area contributed by atoms with E-state index in [0.29, 0.717) is 0 Å². The number of halogens is 3. The largest absolute Gasteiger partial charge is 0.494 e. The van der Waals surface area contributed by atoms with Crippen LogP contribution in [0.3, 0.4) is 0 Å². The summed E-state index contributed by atoms with van der Waals surface area (Å²) in [5, 5.41) is 0. The summed E-state index contributed by atoms with van der Waals surface area (Å²) in [7, 11) is 1.33. The van der Waals surface area contributed by atoms with E-state index in [1.807, 2.05) is 0 Å². The number of hydrazine groups is 1. The highest BCUT2D eigenvalue weighted by atomic mass is 19.1. The number of aryl methyl sites for hydroxylation is 1. The molecule has 0 aliphatic heterocycles. The molecule has 0 saturated carbocycles. The van der Waals surface area contributed by atoms with Crippen LogP contribution in [0.4, 0.5) is 13.2 Å². The molecule has 21 heavy (non-hydrogen) atoms. The summed E-state index contributed by atoms with van der Waals surface area (Å²) < 4.78 is 46.5. The van der Waals surface area contributed by atoms with Gasteiger partial charge in [-0.05, 0) is 24.6 Å². The van der Waals surface area contributed by atoms with E-state index < -0.39 is 23.5 Å². The highest BCUT2D eigenvalue weighted by Crippen LogP contribution is 2.31. The van der Waals surface area contributed by atoms with Gasteiger partial charge in [-0.15, -0.1) is 0 Å².